The summed E-state index contributed by atoms with van der Waals surface area (Å²) in [5.41, 5.74) is 2.80. The minimum Gasteiger partial charge on any atom is -0.376 e. The van der Waals surface area contributed by atoms with Gasteiger partial charge < -0.3 is 9.64 Å². The molecule has 2 atom stereocenters. The molecule has 9 heteroatoms. The topological polar surface area (TPSA) is 96.0 Å². The number of hydrogen-bond acceptors (Lipinski definition) is 5. The average molecular weight is 550 g/mol. The Bertz CT molecular complexity index is 1300. The Labute approximate surface area is 230 Å². The van der Waals surface area contributed by atoms with Crippen molar-refractivity contribution in [2.75, 3.05) is 27.2 Å². The van der Waals surface area contributed by atoms with Crippen LogP contribution in [-0.4, -0.2) is 68.8 Å². The second-order valence-corrected chi connectivity index (χ2v) is 11.7. The van der Waals surface area contributed by atoms with Gasteiger partial charge in [-0.3, -0.25) is 9.59 Å². The number of ether oxygens (including phenoxy) is 1. The van der Waals surface area contributed by atoms with E-state index < -0.39 is 34.2 Å². The molecular weight excluding hydrogens is 514 g/mol. The Balaban J connectivity index is 1.55. The molecule has 1 aliphatic rings. The van der Waals surface area contributed by atoms with Crippen LogP contribution in [0.4, 0.5) is 0 Å². The summed E-state index contributed by atoms with van der Waals surface area (Å²) >= 11 is 0. The lowest BCUT2D eigenvalue weighted by Crippen LogP contribution is -2.51. The molecule has 0 aliphatic carbocycles. The summed E-state index contributed by atoms with van der Waals surface area (Å²) in [5, 5.41) is 0. The van der Waals surface area contributed by atoms with E-state index in [1.165, 1.54) is 24.6 Å². The molecule has 1 aliphatic heterocycles. The number of amides is 2. The van der Waals surface area contributed by atoms with Gasteiger partial charge in [0.05, 0.1) is 12.0 Å². The maximum absolute atomic E-state index is 14.2. The van der Waals surface area contributed by atoms with Gasteiger partial charge in [0.25, 0.3) is 5.91 Å². The van der Waals surface area contributed by atoms with Gasteiger partial charge in [0, 0.05) is 33.7 Å². The van der Waals surface area contributed by atoms with Crippen molar-refractivity contribution in [1.29, 1.82) is 0 Å². The molecule has 0 unspecified atom stereocenters. The van der Waals surface area contributed by atoms with Crippen LogP contribution in [0.5, 0.6) is 0 Å². The molecule has 3 aromatic rings. The van der Waals surface area contributed by atoms with Crippen LogP contribution in [0.25, 0.3) is 0 Å². The number of rotatable bonds is 11. The van der Waals surface area contributed by atoms with Gasteiger partial charge in [-0.25, -0.2) is 4.72 Å². The Hall–Kier alpha value is -3.53. The van der Waals surface area contributed by atoms with Crippen molar-refractivity contribution in [3.05, 3.63) is 108 Å². The largest absolute Gasteiger partial charge is 0.376 e. The van der Waals surface area contributed by atoms with Crippen LogP contribution < -0.4 is 4.72 Å². The number of likely N-dealkylation sites (tertiary alicyclic amines) is 1. The van der Waals surface area contributed by atoms with Crippen LogP contribution >= 0.6 is 0 Å². The zero-order valence-electron chi connectivity index (χ0n) is 22.3. The van der Waals surface area contributed by atoms with Crippen LogP contribution in [0.1, 0.15) is 35.4 Å². The Morgan fingerprint density at radius 1 is 0.923 bits per heavy atom. The van der Waals surface area contributed by atoms with Crippen molar-refractivity contribution in [3.63, 3.8) is 0 Å². The highest BCUT2D eigenvalue weighted by Crippen LogP contribution is 2.31. The normalized spacial score (nSPS) is 17.5. The third-order valence-corrected chi connectivity index (χ3v) is 8.30. The third kappa shape index (κ3) is 7.32. The highest BCUT2D eigenvalue weighted by molar-refractivity contribution is 7.87. The lowest BCUT2D eigenvalue weighted by atomic mass is 9.90. The van der Waals surface area contributed by atoms with Gasteiger partial charge in [-0.05, 0) is 29.5 Å². The van der Waals surface area contributed by atoms with E-state index in [1.807, 2.05) is 78.9 Å². The van der Waals surface area contributed by atoms with E-state index in [4.69, 9.17) is 4.74 Å². The van der Waals surface area contributed by atoms with Crippen molar-refractivity contribution < 1.29 is 22.7 Å². The van der Waals surface area contributed by atoms with E-state index in [0.717, 1.165) is 28.3 Å². The fourth-order valence-corrected chi connectivity index (χ4v) is 5.37. The summed E-state index contributed by atoms with van der Waals surface area (Å²) in [6.07, 6.45) is 1.46. The van der Waals surface area contributed by atoms with E-state index in [1.54, 1.807) is 0 Å². The van der Waals surface area contributed by atoms with Crippen LogP contribution in [-0.2, 0) is 31.0 Å². The summed E-state index contributed by atoms with van der Waals surface area (Å²) < 4.78 is 34.0. The molecule has 8 nitrogen and oxygen atoms in total. The highest BCUT2D eigenvalue weighted by Gasteiger charge is 2.43. The first-order valence-corrected chi connectivity index (χ1v) is 14.5. The molecule has 3 aromatic carbocycles. The summed E-state index contributed by atoms with van der Waals surface area (Å²) in [6, 6.07) is 27.9. The molecule has 206 valence electrons. The lowest BCUT2D eigenvalue weighted by molar-refractivity contribution is -0.138. The molecule has 2 amide bonds. The van der Waals surface area contributed by atoms with Crippen LogP contribution in [0, 0.1) is 0 Å². The first kappa shape index (κ1) is 28.5. The Morgan fingerprint density at radius 3 is 2.00 bits per heavy atom. The number of nitrogens with one attached hydrogen (secondary N) is 1. The van der Waals surface area contributed by atoms with E-state index in [0.29, 0.717) is 6.61 Å². The molecule has 39 heavy (non-hydrogen) atoms. The van der Waals surface area contributed by atoms with Gasteiger partial charge in [-0.2, -0.15) is 12.7 Å². The van der Waals surface area contributed by atoms with Crippen molar-refractivity contribution in [2.45, 2.75) is 37.3 Å². The summed E-state index contributed by atoms with van der Waals surface area (Å²) in [5.74, 6) is -1.66. The minimum absolute atomic E-state index is 0.195. The lowest BCUT2D eigenvalue weighted by Gasteiger charge is -2.29. The molecule has 0 bridgehead atoms. The predicted molar refractivity (Wildman–Crippen MR) is 150 cm³/mol. The molecule has 1 fully saturated rings. The molecular formula is C30H35N3O5S. The maximum Gasteiger partial charge on any atom is 0.303 e. The SMILES string of the molecule is CN(C)S(=O)(=O)NC(=O)[C@@H]1C[C@H](OCCCc2ccccc2)CN1C(=O)C(c1ccccc1)c1ccccc1. The summed E-state index contributed by atoms with van der Waals surface area (Å²) in [7, 11) is -1.34. The van der Waals surface area contributed by atoms with Crippen LogP contribution in [0.2, 0.25) is 0 Å². The minimum atomic E-state index is -4.02. The number of hydrogen-bond donors (Lipinski definition) is 1. The first-order chi connectivity index (χ1) is 18.8. The number of nitrogens with zero attached hydrogens (tertiary/aromatic N) is 2. The summed E-state index contributed by atoms with van der Waals surface area (Å²) in [4.78, 5) is 28.9. The first-order valence-electron chi connectivity index (χ1n) is 13.1. The second kappa shape index (κ2) is 13.0. The van der Waals surface area contributed by atoms with Crippen LogP contribution in [0.15, 0.2) is 91.0 Å². The van der Waals surface area contributed by atoms with Crippen molar-refractivity contribution >= 4 is 22.0 Å². The quantitative estimate of drug-likeness (QED) is 0.370. The average Bonchev–Trinajstić information content (AvgIpc) is 3.37. The predicted octanol–water partition coefficient (Wildman–Crippen LogP) is 3.36. The monoisotopic (exact) mass is 549 g/mol. The number of carbonyl (C=O) groups is 2. The smallest absolute Gasteiger partial charge is 0.303 e. The highest BCUT2D eigenvalue weighted by atomic mass is 32.2. The van der Waals surface area contributed by atoms with E-state index in [-0.39, 0.29) is 18.9 Å². The van der Waals surface area contributed by atoms with Gasteiger partial charge in [-0.1, -0.05) is 91.0 Å². The van der Waals surface area contributed by atoms with Gasteiger partial charge in [0.2, 0.25) is 5.91 Å². The molecule has 0 aromatic heterocycles. The molecule has 0 spiro atoms. The standard InChI is InChI=1S/C30H35N3O5S/c1-32(2)39(36,37)31-29(34)27-21-26(38-20-12-15-23-13-6-3-7-14-23)22-33(27)30(35)28(24-16-8-4-9-17-24)25-18-10-5-11-19-25/h3-11,13-14,16-19,26-28H,12,15,20-22H2,1-2H3,(H,31,34)/t26-,27-/m0/s1. The molecule has 1 N–H and O–H groups in total. The zero-order chi connectivity index (χ0) is 27.8. The number of carbonyl (C=O) groups excluding carboxylic acids is 2. The van der Waals surface area contributed by atoms with Crippen LogP contribution in [0.3, 0.4) is 0 Å². The van der Waals surface area contributed by atoms with Gasteiger partial charge >= 0.3 is 10.2 Å². The molecule has 0 saturated carbocycles. The van der Waals surface area contributed by atoms with Crippen molar-refractivity contribution in [3.8, 4) is 0 Å². The van der Waals surface area contributed by atoms with Crippen molar-refractivity contribution in [2.24, 2.45) is 0 Å². The number of aryl methyl sites for hydroxylation is 1. The number of benzene rings is 3. The summed E-state index contributed by atoms with van der Waals surface area (Å²) in [6.45, 7) is 0.660. The van der Waals surface area contributed by atoms with Gasteiger partial charge in [-0.15, -0.1) is 0 Å². The third-order valence-electron chi connectivity index (χ3n) is 6.88. The van der Waals surface area contributed by atoms with E-state index in [2.05, 4.69) is 16.9 Å². The van der Waals surface area contributed by atoms with Gasteiger partial charge in [0.1, 0.15) is 6.04 Å². The van der Waals surface area contributed by atoms with E-state index in [9.17, 15) is 18.0 Å². The van der Waals surface area contributed by atoms with E-state index >= 15 is 0 Å². The molecule has 0 radical (unpaired) electrons. The fourth-order valence-electron chi connectivity index (χ4n) is 4.80. The maximum atomic E-state index is 14.2. The molecule has 1 saturated heterocycles. The second-order valence-electron chi connectivity index (χ2n) is 9.83. The molecule has 1 heterocycles. The van der Waals surface area contributed by atoms with Crippen molar-refractivity contribution in [1.82, 2.24) is 13.9 Å². The van der Waals surface area contributed by atoms with Gasteiger partial charge in [0.15, 0.2) is 0 Å². The zero-order valence-corrected chi connectivity index (χ0v) is 23.1. The Kier molecular flexibility index (Phi) is 9.50. The molecule has 4 rings (SSSR count). The fraction of sp³-hybridized carbons (Fsp3) is 0.333. The Morgan fingerprint density at radius 2 is 1.46 bits per heavy atom.